The number of sulfonamides is 1. The van der Waals surface area contributed by atoms with E-state index in [2.05, 4.69) is 20.7 Å². The number of hydrogen-bond donors (Lipinski definition) is 2. The number of aliphatic hydroxyl groups excluding tert-OH is 1. The zero-order chi connectivity index (χ0) is 16.0. The molecule has 0 fully saturated rings. The third-order valence-corrected chi connectivity index (χ3v) is 6.92. The normalized spacial score (nSPS) is 13.2. The number of hydrogen-bond acceptors (Lipinski definition) is 4. The number of rotatable bonds is 8. The number of benzene rings is 1. The fraction of sp³-hybridized carbons (Fsp3) is 0.333. The van der Waals surface area contributed by atoms with Crippen molar-refractivity contribution in [3.63, 3.8) is 0 Å². The summed E-state index contributed by atoms with van der Waals surface area (Å²) in [6.45, 7) is 0.432. The van der Waals surface area contributed by atoms with Crippen LogP contribution < -0.4 is 4.72 Å². The Morgan fingerprint density at radius 1 is 1.14 bits per heavy atom. The van der Waals surface area contributed by atoms with Gasteiger partial charge in [-0.25, -0.2) is 13.1 Å². The molecule has 0 saturated carbocycles. The quantitative estimate of drug-likeness (QED) is 0.709. The number of thiophene rings is 1. The van der Waals surface area contributed by atoms with Crippen LogP contribution in [0.5, 0.6) is 0 Å². The van der Waals surface area contributed by atoms with Gasteiger partial charge in [0.2, 0.25) is 10.0 Å². The van der Waals surface area contributed by atoms with Gasteiger partial charge in [-0.3, -0.25) is 0 Å². The van der Waals surface area contributed by atoms with Crippen LogP contribution in [0, 0.1) is 0 Å². The van der Waals surface area contributed by atoms with Crippen LogP contribution in [0.15, 0.2) is 50.5 Å². The second-order valence-corrected chi connectivity index (χ2v) is 9.32. The SMILES string of the molecule is O=S(=O)(NCC[C@@H](CCO)c1ccccc1)c1ccc(Br)s1. The maximum absolute atomic E-state index is 12.2. The zero-order valence-electron chi connectivity index (χ0n) is 11.9. The highest BCUT2D eigenvalue weighted by atomic mass is 79.9. The van der Waals surface area contributed by atoms with Crippen LogP contribution in [0.2, 0.25) is 0 Å². The minimum atomic E-state index is -3.46. The molecular formula is C15H18BrNO3S2. The molecule has 7 heteroatoms. The molecule has 0 radical (unpaired) electrons. The molecule has 1 aromatic carbocycles. The summed E-state index contributed by atoms with van der Waals surface area (Å²) < 4.78 is 28.0. The molecule has 2 rings (SSSR count). The standard InChI is InChI=1S/C15H18BrNO3S2/c16-14-6-7-15(21-14)22(19,20)17-10-8-13(9-11-18)12-4-2-1-3-5-12/h1-7,13,17-18H,8-11H2/t13-/m0/s1. The molecule has 22 heavy (non-hydrogen) atoms. The Hall–Kier alpha value is -0.730. The first-order valence-corrected chi connectivity index (χ1v) is 10.0. The molecule has 1 atom stereocenters. The van der Waals surface area contributed by atoms with Gasteiger partial charge in [0.05, 0.1) is 3.79 Å². The van der Waals surface area contributed by atoms with Crippen LogP contribution in [0.4, 0.5) is 0 Å². The molecule has 2 N–H and O–H groups in total. The average Bonchev–Trinajstić information content (AvgIpc) is 2.95. The molecular weight excluding hydrogens is 386 g/mol. The fourth-order valence-corrected chi connectivity index (χ4v) is 5.34. The molecule has 0 spiro atoms. The lowest BCUT2D eigenvalue weighted by Crippen LogP contribution is -2.25. The lowest BCUT2D eigenvalue weighted by atomic mass is 9.93. The van der Waals surface area contributed by atoms with Crippen molar-refractivity contribution in [1.29, 1.82) is 0 Å². The van der Waals surface area contributed by atoms with Crippen molar-refractivity contribution in [2.45, 2.75) is 23.0 Å². The van der Waals surface area contributed by atoms with Gasteiger partial charge < -0.3 is 5.11 Å². The average molecular weight is 404 g/mol. The summed E-state index contributed by atoms with van der Waals surface area (Å²) in [6, 6.07) is 13.2. The highest BCUT2D eigenvalue weighted by Crippen LogP contribution is 2.26. The summed E-state index contributed by atoms with van der Waals surface area (Å²) in [5, 5.41) is 9.20. The van der Waals surface area contributed by atoms with Gasteiger partial charge in [0, 0.05) is 13.2 Å². The Balaban J connectivity index is 1.96. The summed E-state index contributed by atoms with van der Waals surface area (Å²) in [7, 11) is -3.46. The van der Waals surface area contributed by atoms with Gasteiger partial charge in [-0.15, -0.1) is 11.3 Å². The molecule has 0 saturated heterocycles. The second kappa shape index (κ2) is 8.21. The van der Waals surface area contributed by atoms with Crippen LogP contribution in [0.1, 0.15) is 24.3 Å². The Morgan fingerprint density at radius 3 is 2.45 bits per heavy atom. The van der Waals surface area contributed by atoms with E-state index in [0.29, 0.717) is 23.6 Å². The van der Waals surface area contributed by atoms with Crippen molar-refractivity contribution in [2.24, 2.45) is 0 Å². The molecule has 0 unspecified atom stereocenters. The molecule has 1 heterocycles. The third kappa shape index (κ3) is 4.89. The predicted molar refractivity (Wildman–Crippen MR) is 92.7 cm³/mol. The predicted octanol–water partition coefficient (Wildman–Crippen LogP) is 3.35. The maximum atomic E-state index is 12.2. The Kier molecular flexibility index (Phi) is 6.58. The number of nitrogens with one attached hydrogen (secondary N) is 1. The molecule has 1 aromatic heterocycles. The largest absolute Gasteiger partial charge is 0.396 e. The van der Waals surface area contributed by atoms with E-state index in [1.165, 1.54) is 11.3 Å². The van der Waals surface area contributed by atoms with Crippen molar-refractivity contribution in [3.05, 3.63) is 51.8 Å². The summed E-state index contributed by atoms with van der Waals surface area (Å²) in [5.74, 6) is 0.143. The van der Waals surface area contributed by atoms with E-state index in [9.17, 15) is 13.5 Å². The van der Waals surface area contributed by atoms with Gasteiger partial charge in [-0.05, 0) is 52.4 Å². The molecule has 2 aromatic rings. The Bertz CT molecular complexity index is 686. The summed E-state index contributed by atoms with van der Waals surface area (Å²) in [4.78, 5) is 0. The molecule has 0 bridgehead atoms. The minimum Gasteiger partial charge on any atom is -0.396 e. The molecule has 0 amide bonds. The van der Waals surface area contributed by atoms with Crippen LogP contribution >= 0.6 is 27.3 Å². The van der Waals surface area contributed by atoms with Crippen LogP contribution in [0.25, 0.3) is 0 Å². The monoisotopic (exact) mass is 403 g/mol. The number of halogens is 1. The van der Waals surface area contributed by atoms with Gasteiger partial charge in [0.1, 0.15) is 4.21 Å². The van der Waals surface area contributed by atoms with Gasteiger partial charge in [0.25, 0.3) is 0 Å². The topological polar surface area (TPSA) is 66.4 Å². The van der Waals surface area contributed by atoms with E-state index < -0.39 is 10.0 Å². The summed E-state index contributed by atoms with van der Waals surface area (Å²) >= 11 is 4.45. The van der Waals surface area contributed by atoms with Crippen molar-refractivity contribution in [2.75, 3.05) is 13.2 Å². The van der Waals surface area contributed by atoms with Gasteiger partial charge >= 0.3 is 0 Å². The van der Waals surface area contributed by atoms with E-state index in [1.807, 2.05) is 30.3 Å². The smallest absolute Gasteiger partial charge is 0.250 e. The Labute approximate surface area is 143 Å². The van der Waals surface area contributed by atoms with E-state index in [1.54, 1.807) is 12.1 Å². The zero-order valence-corrected chi connectivity index (χ0v) is 15.1. The molecule has 0 aliphatic carbocycles. The lowest BCUT2D eigenvalue weighted by molar-refractivity contribution is 0.273. The third-order valence-electron chi connectivity index (χ3n) is 3.35. The second-order valence-electron chi connectivity index (χ2n) is 4.86. The number of aliphatic hydroxyl groups is 1. The first-order chi connectivity index (χ1) is 10.5. The fourth-order valence-electron chi connectivity index (χ4n) is 2.24. The Morgan fingerprint density at radius 2 is 1.86 bits per heavy atom. The summed E-state index contributed by atoms with van der Waals surface area (Å²) in [6.07, 6.45) is 1.27. The van der Waals surface area contributed by atoms with E-state index >= 15 is 0 Å². The van der Waals surface area contributed by atoms with E-state index in [-0.39, 0.29) is 12.5 Å². The lowest BCUT2D eigenvalue weighted by Gasteiger charge is -2.16. The highest BCUT2D eigenvalue weighted by molar-refractivity contribution is 9.11. The first kappa shape index (κ1) is 17.6. The van der Waals surface area contributed by atoms with Crippen molar-refractivity contribution >= 4 is 37.3 Å². The first-order valence-electron chi connectivity index (χ1n) is 6.94. The van der Waals surface area contributed by atoms with E-state index in [0.717, 1.165) is 9.35 Å². The van der Waals surface area contributed by atoms with Crippen molar-refractivity contribution in [1.82, 2.24) is 4.72 Å². The van der Waals surface area contributed by atoms with Gasteiger partial charge in [0.15, 0.2) is 0 Å². The molecule has 0 aliphatic rings. The summed E-state index contributed by atoms with van der Waals surface area (Å²) in [5.41, 5.74) is 1.12. The maximum Gasteiger partial charge on any atom is 0.250 e. The van der Waals surface area contributed by atoms with Crippen molar-refractivity contribution < 1.29 is 13.5 Å². The molecule has 120 valence electrons. The van der Waals surface area contributed by atoms with Crippen LogP contribution in [-0.4, -0.2) is 26.7 Å². The molecule has 4 nitrogen and oxygen atoms in total. The van der Waals surface area contributed by atoms with Crippen molar-refractivity contribution in [3.8, 4) is 0 Å². The molecule has 0 aliphatic heterocycles. The minimum absolute atomic E-state index is 0.0875. The van der Waals surface area contributed by atoms with Crippen LogP contribution in [-0.2, 0) is 10.0 Å². The van der Waals surface area contributed by atoms with Gasteiger partial charge in [-0.2, -0.15) is 0 Å². The highest BCUT2D eigenvalue weighted by Gasteiger charge is 2.17. The van der Waals surface area contributed by atoms with E-state index in [4.69, 9.17) is 0 Å². The van der Waals surface area contributed by atoms with Gasteiger partial charge in [-0.1, -0.05) is 30.3 Å². The van der Waals surface area contributed by atoms with Crippen LogP contribution in [0.3, 0.4) is 0 Å².